The number of halogens is 2. The first kappa shape index (κ1) is 6.78. The fourth-order valence-corrected chi connectivity index (χ4v) is 0.634. The molecule has 1 radical (unpaired) electrons. The summed E-state index contributed by atoms with van der Waals surface area (Å²) in [6.45, 7) is 3.51. The SMILES string of the molecule is [CH2]c1cnc(Cl)c(Cl)n1. The molecule has 4 heteroatoms. The Bertz CT molecular complexity index is 224. The summed E-state index contributed by atoms with van der Waals surface area (Å²) in [4.78, 5) is 7.42. The molecular formula is C5H3Cl2N2. The predicted molar refractivity (Wildman–Crippen MR) is 36.5 cm³/mol. The van der Waals surface area contributed by atoms with Crippen molar-refractivity contribution in [1.82, 2.24) is 9.97 Å². The molecular weight excluding hydrogens is 159 g/mol. The molecule has 0 spiro atoms. The Labute approximate surface area is 62.8 Å². The van der Waals surface area contributed by atoms with E-state index in [9.17, 15) is 0 Å². The zero-order chi connectivity index (χ0) is 6.85. The van der Waals surface area contributed by atoms with Gasteiger partial charge < -0.3 is 0 Å². The number of hydrogen-bond acceptors (Lipinski definition) is 2. The minimum absolute atomic E-state index is 0.198. The molecule has 0 atom stereocenters. The van der Waals surface area contributed by atoms with E-state index in [-0.39, 0.29) is 10.3 Å². The highest BCUT2D eigenvalue weighted by Gasteiger charge is 1.97. The Morgan fingerprint density at radius 1 is 1.33 bits per heavy atom. The standard InChI is InChI=1S/C5H3Cl2N2/c1-3-2-8-4(6)5(7)9-3/h2H,1H2. The molecule has 0 saturated carbocycles. The second-order valence-electron chi connectivity index (χ2n) is 1.44. The molecule has 1 rings (SSSR count). The zero-order valence-electron chi connectivity index (χ0n) is 4.43. The van der Waals surface area contributed by atoms with Gasteiger partial charge in [0.05, 0.1) is 11.9 Å². The van der Waals surface area contributed by atoms with E-state index in [0.717, 1.165) is 0 Å². The van der Waals surface area contributed by atoms with Crippen LogP contribution in [0, 0.1) is 6.92 Å². The van der Waals surface area contributed by atoms with Gasteiger partial charge in [-0.15, -0.1) is 0 Å². The molecule has 0 aliphatic rings. The van der Waals surface area contributed by atoms with Crippen LogP contribution in [0.4, 0.5) is 0 Å². The lowest BCUT2D eigenvalue weighted by atomic mass is 10.5. The average Bonchev–Trinajstić information content (AvgIpc) is 1.80. The maximum absolute atomic E-state index is 5.47. The van der Waals surface area contributed by atoms with Crippen molar-refractivity contribution in [1.29, 1.82) is 0 Å². The molecule has 1 aromatic heterocycles. The molecule has 2 nitrogen and oxygen atoms in total. The lowest BCUT2D eigenvalue weighted by Crippen LogP contribution is -1.84. The van der Waals surface area contributed by atoms with E-state index in [2.05, 4.69) is 16.9 Å². The fourth-order valence-electron chi connectivity index (χ4n) is 0.386. The van der Waals surface area contributed by atoms with E-state index in [4.69, 9.17) is 23.2 Å². The van der Waals surface area contributed by atoms with Crippen LogP contribution in [0.5, 0.6) is 0 Å². The van der Waals surface area contributed by atoms with E-state index < -0.39 is 0 Å². The van der Waals surface area contributed by atoms with E-state index in [0.29, 0.717) is 5.69 Å². The monoisotopic (exact) mass is 161 g/mol. The molecule has 0 amide bonds. The average molecular weight is 162 g/mol. The van der Waals surface area contributed by atoms with Gasteiger partial charge in [-0.2, -0.15) is 0 Å². The van der Waals surface area contributed by atoms with E-state index >= 15 is 0 Å². The van der Waals surface area contributed by atoms with Crippen LogP contribution in [-0.4, -0.2) is 9.97 Å². The van der Waals surface area contributed by atoms with Gasteiger partial charge in [-0.25, -0.2) is 9.97 Å². The fraction of sp³-hybridized carbons (Fsp3) is 0. The molecule has 1 heterocycles. The summed E-state index contributed by atoms with van der Waals surface area (Å²) in [7, 11) is 0. The highest BCUT2D eigenvalue weighted by molar-refractivity contribution is 6.40. The zero-order valence-corrected chi connectivity index (χ0v) is 5.95. The Kier molecular flexibility index (Phi) is 1.88. The summed E-state index contributed by atoms with van der Waals surface area (Å²) in [5.74, 6) is 0. The van der Waals surface area contributed by atoms with Gasteiger partial charge in [-0.3, -0.25) is 0 Å². The Morgan fingerprint density at radius 3 is 2.44 bits per heavy atom. The summed E-state index contributed by atoms with van der Waals surface area (Å²) < 4.78 is 0. The topological polar surface area (TPSA) is 25.8 Å². The maximum atomic E-state index is 5.47. The number of aromatic nitrogens is 2. The van der Waals surface area contributed by atoms with Crippen molar-refractivity contribution >= 4 is 23.2 Å². The first-order chi connectivity index (χ1) is 4.20. The Hall–Kier alpha value is -0.340. The highest BCUT2D eigenvalue weighted by atomic mass is 35.5. The number of rotatable bonds is 0. The summed E-state index contributed by atoms with van der Waals surface area (Å²) in [5, 5.41) is 0.410. The van der Waals surface area contributed by atoms with E-state index in [1.54, 1.807) is 0 Å². The second kappa shape index (κ2) is 2.50. The third-order valence-electron chi connectivity index (χ3n) is 0.739. The van der Waals surface area contributed by atoms with Gasteiger partial charge in [0.2, 0.25) is 0 Å². The van der Waals surface area contributed by atoms with Crippen molar-refractivity contribution in [2.45, 2.75) is 0 Å². The van der Waals surface area contributed by atoms with Crippen LogP contribution in [0.2, 0.25) is 10.3 Å². The van der Waals surface area contributed by atoms with Gasteiger partial charge in [0.25, 0.3) is 0 Å². The van der Waals surface area contributed by atoms with Crippen LogP contribution in [0.25, 0.3) is 0 Å². The molecule has 1 aromatic rings. The molecule has 0 unspecified atom stereocenters. The highest BCUT2D eigenvalue weighted by Crippen LogP contribution is 2.14. The van der Waals surface area contributed by atoms with Crippen LogP contribution < -0.4 is 0 Å². The van der Waals surface area contributed by atoms with Gasteiger partial charge in [-0.05, 0) is 6.92 Å². The van der Waals surface area contributed by atoms with Gasteiger partial charge in [0.1, 0.15) is 0 Å². The van der Waals surface area contributed by atoms with E-state index in [1.165, 1.54) is 6.20 Å². The second-order valence-corrected chi connectivity index (χ2v) is 2.16. The van der Waals surface area contributed by atoms with E-state index in [1.807, 2.05) is 0 Å². The predicted octanol–water partition coefficient (Wildman–Crippen LogP) is 1.97. The summed E-state index contributed by atoms with van der Waals surface area (Å²) in [6, 6.07) is 0. The van der Waals surface area contributed by atoms with Crippen molar-refractivity contribution in [2.24, 2.45) is 0 Å². The lowest BCUT2D eigenvalue weighted by molar-refractivity contribution is 1.16. The minimum Gasteiger partial charge on any atom is -0.239 e. The van der Waals surface area contributed by atoms with Crippen LogP contribution in [0.1, 0.15) is 5.69 Å². The minimum atomic E-state index is 0.198. The molecule has 47 valence electrons. The van der Waals surface area contributed by atoms with Crippen LogP contribution in [-0.2, 0) is 0 Å². The summed E-state index contributed by atoms with van der Waals surface area (Å²) in [6.07, 6.45) is 1.45. The molecule has 0 saturated heterocycles. The molecule has 0 N–H and O–H groups in total. The Balaban J connectivity index is 3.17. The molecule has 0 aliphatic carbocycles. The first-order valence-electron chi connectivity index (χ1n) is 2.20. The third kappa shape index (κ3) is 1.53. The largest absolute Gasteiger partial charge is 0.239 e. The Morgan fingerprint density at radius 2 is 2.00 bits per heavy atom. The van der Waals surface area contributed by atoms with Gasteiger partial charge in [0.15, 0.2) is 10.3 Å². The van der Waals surface area contributed by atoms with Crippen molar-refractivity contribution in [3.05, 3.63) is 29.1 Å². The lowest BCUT2D eigenvalue weighted by Gasteiger charge is -1.92. The smallest absolute Gasteiger partial charge is 0.166 e. The van der Waals surface area contributed by atoms with Crippen molar-refractivity contribution in [3.63, 3.8) is 0 Å². The van der Waals surface area contributed by atoms with Crippen molar-refractivity contribution in [2.75, 3.05) is 0 Å². The quantitative estimate of drug-likeness (QED) is 0.582. The van der Waals surface area contributed by atoms with Crippen LogP contribution >= 0.6 is 23.2 Å². The van der Waals surface area contributed by atoms with Gasteiger partial charge in [-0.1, -0.05) is 23.2 Å². The van der Waals surface area contributed by atoms with Crippen molar-refractivity contribution in [3.8, 4) is 0 Å². The molecule has 9 heavy (non-hydrogen) atoms. The van der Waals surface area contributed by atoms with Gasteiger partial charge >= 0.3 is 0 Å². The number of nitrogens with zero attached hydrogens (tertiary/aromatic N) is 2. The van der Waals surface area contributed by atoms with Crippen LogP contribution in [0.15, 0.2) is 6.20 Å². The normalized spacial score (nSPS) is 9.67. The molecule has 0 fully saturated rings. The third-order valence-corrected chi connectivity index (χ3v) is 1.38. The van der Waals surface area contributed by atoms with Gasteiger partial charge in [0, 0.05) is 0 Å². The summed E-state index contributed by atoms with van der Waals surface area (Å²) >= 11 is 10.9. The first-order valence-corrected chi connectivity index (χ1v) is 2.96. The van der Waals surface area contributed by atoms with Crippen LogP contribution in [0.3, 0.4) is 0 Å². The molecule has 0 bridgehead atoms. The van der Waals surface area contributed by atoms with Crippen molar-refractivity contribution < 1.29 is 0 Å². The molecule has 0 aromatic carbocycles. The summed E-state index contributed by atoms with van der Waals surface area (Å²) in [5.41, 5.74) is 0.518. The molecule has 0 aliphatic heterocycles. The maximum Gasteiger partial charge on any atom is 0.166 e. The number of hydrogen-bond donors (Lipinski definition) is 0.